The zero-order valence-corrected chi connectivity index (χ0v) is 10.5. The number of ether oxygens (including phenoxy) is 1. The summed E-state index contributed by atoms with van der Waals surface area (Å²) in [5.74, 6) is -2.27. The third-order valence-electron chi connectivity index (χ3n) is 4.54. The number of hydrogen-bond donors (Lipinski definition) is 1. The van der Waals surface area contributed by atoms with Crippen LogP contribution in [0.5, 0.6) is 0 Å². The molecule has 5 atom stereocenters. The molecule has 1 spiro atoms. The van der Waals surface area contributed by atoms with Crippen LogP contribution in [0.1, 0.15) is 20.3 Å². The summed E-state index contributed by atoms with van der Waals surface area (Å²) in [6, 6.07) is 0.128. The smallest absolute Gasteiger partial charge is 0.310 e. The molecule has 0 aromatic heterocycles. The largest absolute Gasteiger partial charge is 0.481 e. The Morgan fingerprint density at radius 3 is 3.06 bits per heavy atom. The molecule has 3 aliphatic heterocycles. The zero-order chi connectivity index (χ0) is 13.1. The van der Waals surface area contributed by atoms with E-state index in [0.717, 1.165) is 6.42 Å². The number of carboxylic acid groups (broad SMARTS) is 1. The van der Waals surface area contributed by atoms with Gasteiger partial charge in [-0.3, -0.25) is 9.59 Å². The van der Waals surface area contributed by atoms with Crippen molar-refractivity contribution >= 4 is 11.9 Å². The van der Waals surface area contributed by atoms with Gasteiger partial charge in [0.2, 0.25) is 5.91 Å². The fourth-order valence-electron chi connectivity index (χ4n) is 3.40. The van der Waals surface area contributed by atoms with Crippen LogP contribution >= 0.6 is 0 Å². The molecule has 3 unspecified atom stereocenters. The van der Waals surface area contributed by atoms with E-state index in [4.69, 9.17) is 4.74 Å². The lowest BCUT2D eigenvalue weighted by Crippen LogP contribution is -2.40. The fourth-order valence-corrected chi connectivity index (χ4v) is 3.40. The second-order valence-electron chi connectivity index (χ2n) is 5.46. The lowest BCUT2D eigenvalue weighted by molar-refractivity contribution is -0.148. The predicted molar refractivity (Wildman–Crippen MR) is 62.8 cm³/mol. The van der Waals surface area contributed by atoms with Gasteiger partial charge in [-0.05, 0) is 13.3 Å². The van der Waals surface area contributed by atoms with Crippen LogP contribution in [0, 0.1) is 11.8 Å². The molecule has 3 rings (SSSR count). The minimum absolute atomic E-state index is 0.0661. The van der Waals surface area contributed by atoms with Gasteiger partial charge in [-0.1, -0.05) is 19.1 Å². The third-order valence-corrected chi connectivity index (χ3v) is 4.54. The molecular formula is C13H17NO4. The van der Waals surface area contributed by atoms with E-state index in [0.29, 0.717) is 6.54 Å². The lowest BCUT2D eigenvalue weighted by atomic mass is 9.77. The van der Waals surface area contributed by atoms with Crippen molar-refractivity contribution in [3.63, 3.8) is 0 Å². The van der Waals surface area contributed by atoms with Crippen molar-refractivity contribution in [2.45, 2.75) is 38.0 Å². The first-order valence-electron chi connectivity index (χ1n) is 6.40. The number of hydrogen-bond acceptors (Lipinski definition) is 3. The number of nitrogens with zero attached hydrogens (tertiary/aromatic N) is 1. The molecule has 5 nitrogen and oxygen atoms in total. The van der Waals surface area contributed by atoms with Gasteiger partial charge in [-0.15, -0.1) is 0 Å². The van der Waals surface area contributed by atoms with Crippen LogP contribution in [-0.4, -0.2) is 46.2 Å². The molecule has 1 amide bonds. The van der Waals surface area contributed by atoms with Gasteiger partial charge in [0, 0.05) is 6.04 Å². The summed E-state index contributed by atoms with van der Waals surface area (Å²) in [6.45, 7) is 4.50. The topological polar surface area (TPSA) is 66.8 Å². The van der Waals surface area contributed by atoms with Crippen molar-refractivity contribution in [2.24, 2.45) is 11.8 Å². The van der Waals surface area contributed by atoms with E-state index in [1.807, 2.05) is 19.9 Å². The summed E-state index contributed by atoms with van der Waals surface area (Å²) in [5.41, 5.74) is -0.686. The SMILES string of the molecule is CCC(C)N1CC23C=C[C@@H](O2)C(C(=O)O)[C@@H]3C1=O. The van der Waals surface area contributed by atoms with Crippen molar-refractivity contribution in [3.05, 3.63) is 12.2 Å². The van der Waals surface area contributed by atoms with E-state index in [1.165, 1.54) is 0 Å². The van der Waals surface area contributed by atoms with E-state index in [1.54, 1.807) is 11.0 Å². The van der Waals surface area contributed by atoms with Gasteiger partial charge >= 0.3 is 5.97 Å². The Kier molecular flexibility index (Phi) is 2.32. The first-order chi connectivity index (χ1) is 8.50. The number of rotatable bonds is 3. The first kappa shape index (κ1) is 11.7. The second kappa shape index (κ2) is 3.57. The average Bonchev–Trinajstić information content (AvgIpc) is 2.96. The summed E-state index contributed by atoms with van der Waals surface area (Å²) in [5, 5.41) is 9.29. The zero-order valence-electron chi connectivity index (χ0n) is 10.5. The van der Waals surface area contributed by atoms with E-state index >= 15 is 0 Å². The highest BCUT2D eigenvalue weighted by molar-refractivity contribution is 5.90. The van der Waals surface area contributed by atoms with Crippen molar-refractivity contribution in [3.8, 4) is 0 Å². The van der Waals surface area contributed by atoms with Crippen molar-refractivity contribution in [1.29, 1.82) is 0 Å². The number of carbonyl (C=O) groups excluding carboxylic acids is 1. The number of carboxylic acids is 1. The molecule has 3 aliphatic rings. The molecule has 0 aliphatic carbocycles. The third kappa shape index (κ3) is 1.25. The maximum absolute atomic E-state index is 12.4. The number of likely N-dealkylation sites (tertiary alicyclic amines) is 1. The molecular weight excluding hydrogens is 234 g/mol. The van der Waals surface area contributed by atoms with E-state index < -0.39 is 29.5 Å². The van der Waals surface area contributed by atoms with Gasteiger partial charge in [-0.2, -0.15) is 0 Å². The molecule has 2 fully saturated rings. The van der Waals surface area contributed by atoms with Gasteiger partial charge in [0.25, 0.3) is 0 Å². The Bertz CT molecular complexity index is 446. The van der Waals surface area contributed by atoms with Gasteiger partial charge in [0.05, 0.1) is 18.6 Å². The molecule has 5 heteroatoms. The summed E-state index contributed by atoms with van der Waals surface area (Å²) in [6.07, 6.45) is 4.11. The van der Waals surface area contributed by atoms with Gasteiger partial charge in [0.15, 0.2) is 0 Å². The summed E-state index contributed by atoms with van der Waals surface area (Å²) < 4.78 is 5.80. The molecule has 1 N–H and O–H groups in total. The fraction of sp³-hybridized carbons (Fsp3) is 0.692. The highest BCUT2D eigenvalue weighted by atomic mass is 16.5. The molecule has 2 bridgehead atoms. The Morgan fingerprint density at radius 1 is 1.72 bits per heavy atom. The van der Waals surface area contributed by atoms with Crippen LogP contribution in [-0.2, 0) is 14.3 Å². The molecule has 98 valence electrons. The molecule has 0 aromatic rings. The van der Waals surface area contributed by atoms with Crippen LogP contribution in [0.25, 0.3) is 0 Å². The number of amides is 1. The monoisotopic (exact) mass is 251 g/mol. The highest BCUT2D eigenvalue weighted by Gasteiger charge is 2.67. The van der Waals surface area contributed by atoms with Crippen molar-refractivity contribution in [1.82, 2.24) is 4.90 Å². The summed E-state index contributed by atoms with van der Waals surface area (Å²) >= 11 is 0. The molecule has 0 radical (unpaired) electrons. The minimum Gasteiger partial charge on any atom is -0.481 e. The van der Waals surface area contributed by atoms with Gasteiger partial charge in [-0.25, -0.2) is 0 Å². The molecule has 18 heavy (non-hydrogen) atoms. The van der Waals surface area contributed by atoms with Crippen LogP contribution in [0.4, 0.5) is 0 Å². The van der Waals surface area contributed by atoms with E-state index in [9.17, 15) is 14.7 Å². The quantitative estimate of drug-likeness (QED) is 0.748. The van der Waals surface area contributed by atoms with Crippen LogP contribution < -0.4 is 0 Å². The maximum atomic E-state index is 12.4. The minimum atomic E-state index is -0.935. The first-order valence-corrected chi connectivity index (χ1v) is 6.40. The Morgan fingerprint density at radius 2 is 2.44 bits per heavy atom. The second-order valence-corrected chi connectivity index (χ2v) is 5.46. The maximum Gasteiger partial charge on any atom is 0.310 e. The van der Waals surface area contributed by atoms with Crippen LogP contribution in [0.3, 0.4) is 0 Å². The summed E-state index contributed by atoms with van der Waals surface area (Å²) in [7, 11) is 0. The van der Waals surface area contributed by atoms with Gasteiger partial charge in [0.1, 0.15) is 11.5 Å². The van der Waals surface area contributed by atoms with Crippen LogP contribution in [0.15, 0.2) is 12.2 Å². The Hall–Kier alpha value is -1.36. The van der Waals surface area contributed by atoms with Crippen molar-refractivity contribution in [2.75, 3.05) is 6.54 Å². The molecule has 0 aromatic carbocycles. The van der Waals surface area contributed by atoms with Crippen LogP contribution in [0.2, 0.25) is 0 Å². The highest BCUT2D eigenvalue weighted by Crippen LogP contribution is 2.52. The normalized spacial score (nSPS) is 42.4. The van der Waals surface area contributed by atoms with E-state index in [2.05, 4.69) is 0 Å². The lowest BCUT2D eigenvalue weighted by Gasteiger charge is -2.26. The molecule has 0 saturated carbocycles. The van der Waals surface area contributed by atoms with Crippen molar-refractivity contribution < 1.29 is 19.4 Å². The number of fused-ring (bicyclic) bond motifs is 1. The predicted octanol–water partition coefficient (Wildman–Crippen LogP) is 0.651. The average molecular weight is 251 g/mol. The Balaban J connectivity index is 1.97. The standard InChI is InChI=1S/C13H17NO4/c1-3-7(2)14-6-13-5-4-8(18-13)9(12(16)17)10(13)11(14)15/h4-5,7-10H,3,6H2,1-2H3,(H,16,17)/t7?,8-,9?,10-,13?/m1/s1. The molecule has 2 saturated heterocycles. The Labute approximate surface area is 105 Å². The molecule has 3 heterocycles. The number of carbonyl (C=O) groups is 2. The number of aliphatic carboxylic acids is 1. The van der Waals surface area contributed by atoms with E-state index in [-0.39, 0.29) is 11.9 Å². The summed E-state index contributed by atoms with van der Waals surface area (Å²) in [4.78, 5) is 25.5. The van der Waals surface area contributed by atoms with Gasteiger partial charge < -0.3 is 14.7 Å².